The van der Waals surface area contributed by atoms with Crippen LogP contribution >= 0.6 is 0 Å². The van der Waals surface area contributed by atoms with Crippen molar-refractivity contribution in [3.63, 3.8) is 0 Å². The molecule has 1 aliphatic rings. The molecule has 1 aromatic rings. The lowest BCUT2D eigenvalue weighted by Crippen LogP contribution is -2.26. The average molecular weight is 240 g/mol. The van der Waals surface area contributed by atoms with E-state index in [1.807, 2.05) is 0 Å². The van der Waals surface area contributed by atoms with Crippen LogP contribution in [0, 0.1) is 17.6 Å². The highest BCUT2D eigenvalue weighted by Gasteiger charge is 2.20. The van der Waals surface area contributed by atoms with Crippen LogP contribution in [0.2, 0.25) is 0 Å². The summed E-state index contributed by atoms with van der Waals surface area (Å²) >= 11 is 0. The first kappa shape index (κ1) is 12.1. The van der Waals surface area contributed by atoms with Gasteiger partial charge in [0, 0.05) is 18.8 Å². The molecule has 1 heterocycles. The number of nitrogen functional groups attached to an aromatic ring is 1. The zero-order valence-corrected chi connectivity index (χ0v) is 10.0. The fraction of sp³-hybridized carbons (Fsp3) is 0.538. The van der Waals surface area contributed by atoms with Crippen LogP contribution in [-0.2, 0) is 0 Å². The van der Waals surface area contributed by atoms with Crippen molar-refractivity contribution >= 4 is 11.4 Å². The van der Waals surface area contributed by atoms with Crippen molar-refractivity contribution < 1.29 is 8.78 Å². The Morgan fingerprint density at radius 1 is 1.18 bits per heavy atom. The Morgan fingerprint density at radius 2 is 1.82 bits per heavy atom. The molecule has 1 aliphatic heterocycles. The van der Waals surface area contributed by atoms with Gasteiger partial charge in [0.05, 0.1) is 0 Å². The molecule has 0 amide bonds. The molecule has 1 atom stereocenters. The third-order valence-electron chi connectivity index (χ3n) is 3.37. The van der Waals surface area contributed by atoms with Gasteiger partial charge in [0.1, 0.15) is 5.69 Å². The third kappa shape index (κ3) is 2.68. The Hall–Kier alpha value is -1.32. The first-order chi connectivity index (χ1) is 8.08. The highest BCUT2D eigenvalue weighted by Crippen LogP contribution is 2.29. The van der Waals surface area contributed by atoms with Crippen LogP contribution in [0.25, 0.3) is 0 Å². The number of hydrogen-bond donors (Lipinski definition) is 1. The number of benzene rings is 1. The van der Waals surface area contributed by atoms with Crippen LogP contribution in [-0.4, -0.2) is 13.1 Å². The van der Waals surface area contributed by atoms with E-state index in [1.165, 1.54) is 12.1 Å². The van der Waals surface area contributed by atoms with Gasteiger partial charge in [0.15, 0.2) is 11.6 Å². The molecule has 2 N–H and O–H groups in total. The third-order valence-corrected chi connectivity index (χ3v) is 3.37. The Bertz CT molecular complexity index is 383. The maximum atomic E-state index is 13.8. The second kappa shape index (κ2) is 4.90. The van der Waals surface area contributed by atoms with E-state index in [-0.39, 0.29) is 11.4 Å². The predicted molar refractivity (Wildman–Crippen MR) is 66.0 cm³/mol. The number of anilines is 2. The second-order valence-corrected chi connectivity index (χ2v) is 4.86. The molecule has 94 valence electrons. The zero-order valence-electron chi connectivity index (χ0n) is 10.0. The molecule has 0 aliphatic carbocycles. The summed E-state index contributed by atoms with van der Waals surface area (Å²) in [6.45, 7) is 3.60. The minimum Gasteiger partial charge on any atom is -0.399 e. The summed E-state index contributed by atoms with van der Waals surface area (Å²) in [4.78, 5) is 1.80. The van der Waals surface area contributed by atoms with Crippen molar-refractivity contribution in [1.29, 1.82) is 0 Å². The van der Waals surface area contributed by atoms with Crippen molar-refractivity contribution in [1.82, 2.24) is 0 Å². The Morgan fingerprint density at radius 3 is 2.47 bits per heavy atom. The van der Waals surface area contributed by atoms with Gasteiger partial charge < -0.3 is 10.6 Å². The van der Waals surface area contributed by atoms with Gasteiger partial charge in [-0.05, 0) is 37.3 Å². The quantitative estimate of drug-likeness (QED) is 0.764. The molecule has 1 aromatic carbocycles. The molecule has 0 saturated carbocycles. The average Bonchev–Trinajstić information content (AvgIpc) is 2.42. The summed E-state index contributed by atoms with van der Waals surface area (Å²) < 4.78 is 27.5. The van der Waals surface area contributed by atoms with Crippen molar-refractivity contribution in [2.75, 3.05) is 23.7 Å². The number of nitrogens with zero attached hydrogens (tertiary/aromatic N) is 1. The number of hydrogen-bond acceptors (Lipinski definition) is 2. The fourth-order valence-corrected chi connectivity index (χ4v) is 2.37. The molecular weight excluding hydrogens is 222 g/mol. The highest BCUT2D eigenvalue weighted by atomic mass is 19.1. The summed E-state index contributed by atoms with van der Waals surface area (Å²) in [5, 5.41) is 0. The van der Waals surface area contributed by atoms with Crippen molar-refractivity contribution in [3.8, 4) is 0 Å². The van der Waals surface area contributed by atoms with Gasteiger partial charge in [-0.1, -0.05) is 6.92 Å². The lowest BCUT2D eigenvalue weighted by Gasteiger charge is -2.24. The first-order valence-electron chi connectivity index (χ1n) is 6.07. The summed E-state index contributed by atoms with van der Waals surface area (Å²) in [6, 6.07) is 2.37. The fourth-order valence-electron chi connectivity index (χ4n) is 2.37. The van der Waals surface area contributed by atoms with Crippen LogP contribution in [0.15, 0.2) is 12.1 Å². The van der Waals surface area contributed by atoms with Gasteiger partial charge in [0.25, 0.3) is 0 Å². The van der Waals surface area contributed by atoms with Crippen LogP contribution in [0.5, 0.6) is 0 Å². The molecule has 2 rings (SSSR count). The van der Waals surface area contributed by atoms with Gasteiger partial charge in [-0.2, -0.15) is 0 Å². The SMILES string of the molecule is CC1CCCN(c2c(F)cc(N)cc2F)CC1. The van der Waals surface area contributed by atoms with E-state index in [9.17, 15) is 8.78 Å². The first-order valence-corrected chi connectivity index (χ1v) is 6.07. The van der Waals surface area contributed by atoms with E-state index >= 15 is 0 Å². The second-order valence-electron chi connectivity index (χ2n) is 4.86. The van der Waals surface area contributed by atoms with Gasteiger partial charge in [-0.25, -0.2) is 8.78 Å². The molecule has 2 nitrogen and oxygen atoms in total. The number of rotatable bonds is 1. The predicted octanol–water partition coefficient (Wildman–Crippen LogP) is 3.17. The minimum atomic E-state index is -0.558. The zero-order chi connectivity index (χ0) is 12.4. The number of halogens is 2. The van der Waals surface area contributed by atoms with Crippen LogP contribution in [0.4, 0.5) is 20.2 Å². The molecule has 0 radical (unpaired) electrons. The van der Waals surface area contributed by atoms with E-state index < -0.39 is 11.6 Å². The van der Waals surface area contributed by atoms with Crippen LogP contribution in [0.3, 0.4) is 0 Å². The largest absolute Gasteiger partial charge is 0.399 e. The molecule has 0 bridgehead atoms. The molecule has 1 unspecified atom stereocenters. The van der Waals surface area contributed by atoms with Crippen LogP contribution < -0.4 is 10.6 Å². The summed E-state index contributed by atoms with van der Waals surface area (Å²) in [6.07, 6.45) is 3.07. The van der Waals surface area contributed by atoms with E-state index in [1.54, 1.807) is 4.90 Å². The maximum Gasteiger partial charge on any atom is 0.151 e. The van der Waals surface area contributed by atoms with Gasteiger partial charge in [-0.3, -0.25) is 0 Å². The normalized spacial score (nSPS) is 21.4. The molecule has 4 heteroatoms. The van der Waals surface area contributed by atoms with Gasteiger partial charge in [0.2, 0.25) is 0 Å². The maximum absolute atomic E-state index is 13.8. The summed E-state index contributed by atoms with van der Waals surface area (Å²) in [7, 11) is 0. The van der Waals surface area contributed by atoms with E-state index in [0.717, 1.165) is 19.3 Å². The Labute approximate surface area is 100 Å². The standard InChI is InChI=1S/C13H18F2N2/c1-9-3-2-5-17(6-4-9)13-11(14)7-10(16)8-12(13)15/h7-9H,2-6,16H2,1H3. The number of nitrogens with two attached hydrogens (primary N) is 1. The minimum absolute atomic E-state index is 0.0771. The summed E-state index contributed by atoms with van der Waals surface area (Å²) in [5.41, 5.74) is 5.62. The lowest BCUT2D eigenvalue weighted by atomic mass is 10.0. The Kier molecular flexibility index (Phi) is 3.50. The lowest BCUT2D eigenvalue weighted by molar-refractivity contribution is 0.520. The van der Waals surface area contributed by atoms with E-state index in [2.05, 4.69) is 6.92 Å². The van der Waals surface area contributed by atoms with Crippen molar-refractivity contribution in [2.24, 2.45) is 5.92 Å². The molecule has 0 aromatic heterocycles. The summed E-state index contributed by atoms with van der Waals surface area (Å²) in [5.74, 6) is -0.492. The molecule has 17 heavy (non-hydrogen) atoms. The topological polar surface area (TPSA) is 29.3 Å². The van der Waals surface area contributed by atoms with Crippen molar-refractivity contribution in [2.45, 2.75) is 26.2 Å². The highest BCUT2D eigenvalue weighted by molar-refractivity contribution is 5.55. The molecule has 1 saturated heterocycles. The van der Waals surface area contributed by atoms with Crippen LogP contribution in [0.1, 0.15) is 26.2 Å². The van der Waals surface area contributed by atoms with E-state index in [0.29, 0.717) is 19.0 Å². The Balaban J connectivity index is 2.27. The smallest absolute Gasteiger partial charge is 0.151 e. The van der Waals surface area contributed by atoms with Gasteiger partial charge >= 0.3 is 0 Å². The molecule has 0 spiro atoms. The van der Waals surface area contributed by atoms with Crippen molar-refractivity contribution in [3.05, 3.63) is 23.8 Å². The van der Waals surface area contributed by atoms with E-state index in [4.69, 9.17) is 5.73 Å². The molecular formula is C13H18F2N2. The monoisotopic (exact) mass is 240 g/mol. The van der Waals surface area contributed by atoms with Gasteiger partial charge in [-0.15, -0.1) is 0 Å². The molecule has 1 fully saturated rings.